The summed E-state index contributed by atoms with van der Waals surface area (Å²) in [6.45, 7) is 9.21. The van der Waals surface area contributed by atoms with Crippen molar-refractivity contribution in [1.82, 2.24) is 0 Å². The van der Waals surface area contributed by atoms with Crippen LogP contribution in [0.2, 0.25) is 0 Å². The first-order valence-electron chi connectivity index (χ1n) is 29.0. The summed E-state index contributed by atoms with van der Waals surface area (Å²) in [6, 6.07) is 103. The minimum atomic E-state index is -0.123. The number of carbonyl (C=O) groups is 1. The SMILES string of the molecule is Brc1ccccc1Br.CC1(C)c2ccccc2-c2ccc(N(c3ccc(-c4ccccc4)cc3)c3cccc(C#N)c3)cc21.CC1(C)c2ccccc2-c2ccc(N(c3ccc(-c4ccccc4)cc3)c3cccc(C(=O)c4ccccc4Br)c3)cc21. The first-order valence-corrected chi connectivity index (χ1v) is 31.4. The van der Waals surface area contributed by atoms with E-state index < -0.39 is 0 Å². The van der Waals surface area contributed by atoms with E-state index in [4.69, 9.17) is 0 Å². The van der Waals surface area contributed by atoms with Gasteiger partial charge in [-0.3, -0.25) is 4.79 Å². The van der Waals surface area contributed by atoms with Gasteiger partial charge in [-0.1, -0.05) is 232 Å². The zero-order valence-corrected chi connectivity index (χ0v) is 53.4. The Kier molecular flexibility index (Phi) is 16.8. The zero-order valence-electron chi connectivity index (χ0n) is 48.6. The molecule has 2 aliphatic carbocycles. The van der Waals surface area contributed by atoms with Crippen LogP contribution in [0.5, 0.6) is 0 Å². The largest absolute Gasteiger partial charge is 0.310 e. The highest BCUT2D eigenvalue weighted by Gasteiger charge is 2.37. The number of nitrogens with zero attached hydrogens (tertiary/aromatic N) is 3. The highest BCUT2D eigenvalue weighted by atomic mass is 79.9. The van der Waals surface area contributed by atoms with Crippen LogP contribution >= 0.6 is 47.8 Å². The zero-order chi connectivity index (χ0) is 60.2. The maximum atomic E-state index is 13.6. The molecule has 87 heavy (non-hydrogen) atoms. The van der Waals surface area contributed by atoms with Gasteiger partial charge < -0.3 is 9.80 Å². The van der Waals surface area contributed by atoms with Gasteiger partial charge in [-0.25, -0.2) is 0 Å². The van der Waals surface area contributed by atoms with Gasteiger partial charge in [-0.05, 0) is 202 Å². The molecule has 14 rings (SSSR count). The van der Waals surface area contributed by atoms with Crippen molar-refractivity contribution in [1.29, 1.82) is 5.26 Å². The number of rotatable bonds is 10. The van der Waals surface area contributed by atoms with Crippen molar-refractivity contribution >= 4 is 87.7 Å². The number of benzene rings is 12. The summed E-state index contributed by atoms with van der Waals surface area (Å²) in [6.07, 6.45) is 0. The molecule has 0 spiro atoms. The molecule has 0 fully saturated rings. The quantitative estimate of drug-likeness (QED) is 0.128. The fourth-order valence-electron chi connectivity index (χ4n) is 12.2. The van der Waals surface area contributed by atoms with Crippen molar-refractivity contribution in [2.75, 3.05) is 9.80 Å². The Balaban J connectivity index is 0.000000152. The first-order chi connectivity index (χ1) is 42.3. The van der Waals surface area contributed by atoms with Crippen molar-refractivity contribution in [3.8, 4) is 50.6 Å². The molecule has 0 aromatic heterocycles. The van der Waals surface area contributed by atoms with Crippen molar-refractivity contribution in [3.63, 3.8) is 0 Å². The number of halogens is 3. The monoisotopic (exact) mass is 1320 g/mol. The third kappa shape index (κ3) is 11.8. The fourth-order valence-corrected chi connectivity index (χ4v) is 13.2. The number of carbonyl (C=O) groups excluding carboxylic acids is 1. The summed E-state index contributed by atoms with van der Waals surface area (Å²) < 4.78 is 2.99. The molecule has 0 bridgehead atoms. The maximum Gasteiger partial charge on any atom is 0.194 e. The smallest absolute Gasteiger partial charge is 0.194 e. The highest BCUT2D eigenvalue weighted by molar-refractivity contribution is 9.13. The molecule has 0 atom stereocenters. The van der Waals surface area contributed by atoms with Crippen LogP contribution in [-0.4, -0.2) is 5.78 Å². The second-order valence-corrected chi connectivity index (χ2v) is 25.3. The summed E-state index contributed by atoms with van der Waals surface area (Å²) in [4.78, 5) is 18.1. The van der Waals surface area contributed by atoms with Gasteiger partial charge in [0, 0.05) is 69.5 Å². The predicted octanol–water partition coefficient (Wildman–Crippen LogP) is 23.3. The summed E-state index contributed by atoms with van der Waals surface area (Å²) >= 11 is 10.3. The van der Waals surface area contributed by atoms with Gasteiger partial charge in [0.25, 0.3) is 0 Å². The van der Waals surface area contributed by atoms with Crippen LogP contribution in [-0.2, 0) is 10.8 Å². The Bertz CT molecular complexity index is 4510. The van der Waals surface area contributed by atoms with E-state index in [1.165, 1.54) is 61.2 Å². The Morgan fingerprint density at radius 2 is 0.701 bits per heavy atom. The number of fused-ring (bicyclic) bond motifs is 6. The number of nitriles is 1. The maximum absolute atomic E-state index is 13.6. The number of anilines is 6. The van der Waals surface area contributed by atoms with Crippen LogP contribution in [0.25, 0.3) is 44.5 Å². The molecule has 12 aromatic rings. The lowest BCUT2D eigenvalue weighted by Crippen LogP contribution is -2.16. The lowest BCUT2D eigenvalue weighted by atomic mass is 9.82. The van der Waals surface area contributed by atoms with Crippen LogP contribution in [0.3, 0.4) is 0 Å². The Morgan fingerprint density at radius 1 is 0.333 bits per heavy atom. The van der Waals surface area contributed by atoms with Crippen molar-refractivity contribution < 1.29 is 4.79 Å². The van der Waals surface area contributed by atoms with E-state index in [0.717, 1.165) is 53.1 Å². The van der Waals surface area contributed by atoms with Gasteiger partial charge in [0.05, 0.1) is 11.6 Å². The molecule has 0 aliphatic heterocycles. The normalized spacial score (nSPS) is 12.5. The standard InChI is InChI=1S/C40H30BrNO.C34H26N2.C6H4Br2/c1-40(2)36-17-8-6-15-33(36)34-24-23-32(26-37(34)40)42(30-21-19-28(20-22-30)27-11-4-3-5-12-27)31-14-10-13-29(25-31)39(43)35-16-7-9-18-38(35)41;1-34(2)32-14-7-6-13-30(32)31-20-19-29(22-33(31)34)36(28-12-8-9-24(21-28)23-35)27-17-15-26(16-18-27)25-10-4-3-5-11-25;7-5-3-1-2-4-6(5)8/h3-26H,1-2H3;3-22H,1-2H3;1-4H. The van der Waals surface area contributed by atoms with Crippen LogP contribution in [0.1, 0.15) is 71.4 Å². The topological polar surface area (TPSA) is 47.3 Å². The summed E-state index contributed by atoms with van der Waals surface area (Å²) in [5, 5.41) is 9.57. The Labute approximate surface area is 536 Å². The molecular weight excluding hydrogens is 1260 g/mol. The van der Waals surface area contributed by atoms with E-state index in [9.17, 15) is 10.1 Å². The molecule has 0 heterocycles. The molecule has 7 heteroatoms. The average molecular weight is 1320 g/mol. The summed E-state index contributed by atoms with van der Waals surface area (Å²) in [5.41, 5.74) is 23.1. The first kappa shape index (κ1) is 58.2. The molecule has 2 aliphatic rings. The van der Waals surface area contributed by atoms with E-state index in [1.54, 1.807) is 0 Å². The van der Waals surface area contributed by atoms with Crippen LogP contribution < -0.4 is 9.80 Å². The predicted molar refractivity (Wildman–Crippen MR) is 372 cm³/mol. The molecule has 422 valence electrons. The van der Waals surface area contributed by atoms with Gasteiger partial charge in [0.15, 0.2) is 5.78 Å². The lowest BCUT2D eigenvalue weighted by Gasteiger charge is -2.28. The van der Waals surface area contributed by atoms with Gasteiger partial charge in [-0.2, -0.15) is 5.26 Å². The third-order valence-corrected chi connectivity index (χ3v) is 19.3. The van der Waals surface area contributed by atoms with Crippen molar-refractivity contribution in [2.45, 2.75) is 38.5 Å². The molecule has 0 saturated heterocycles. The summed E-state index contributed by atoms with van der Waals surface area (Å²) in [7, 11) is 0. The van der Waals surface area contributed by atoms with Gasteiger partial charge >= 0.3 is 0 Å². The Hall–Kier alpha value is -9.16. The van der Waals surface area contributed by atoms with E-state index in [2.05, 4.69) is 285 Å². The van der Waals surface area contributed by atoms with Gasteiger partial charge in [-0.15, -0.1) is 0 Å². The minimum Gasteiger partial charge on any atom is -0.310 e. The average Bonchev–Trinajstić information content (AvgIpc) is 1.62. The number of hydrogen-bond donors (Lipinski definition) is 0. The van der Waals surface area contributed by atoms with Crippen LogP contribution in [0, 0.1) is 11.3 Å². The minimum absolute atomic E-state index is 0.0146. The third-order valence-electron chi connectivity index (χ3n) is 16.7. The van der Waals surface area contributed by atoms with E-state index in [-0.39, 0.29) is 16.6 Å². The van der Waals surface area contributed by atoms with Crippen LogP contribution in [0.15, 0.2) is 305 Å². The van der Waals surface area contributed by atoms with Crippen molar-refractivity contribution in [3.05, 3.63) is 344 Å². The number of ketones is 1. The number of hydrogen-bond acceptors (Lipinski definition) is 4. The van der Waals surface area contributed by atoms with Gasteiger partial charge in [0.2, 0.25) is 0 Å². The molecule has 0 N–H and O–H groups in total. The van der Waals surface area contributed by atoms with Crippen molar-refractivity contribution in [2.24, 2.45) is 0 Å². The molecule has 12 aromatic carbocycles. The second kappa shape index (κ2) is 25.0. The molecule has 0 radical (unpaired) electrons. The van der Waals surface area contributed by atoms with Gasteiger partial charge in [0.1, 0.15) is 0 Å². The van der Waals surface area contributed by atoms with Crippen LogP contribution in [0.4, 0.5) is 34.1 Å². The molecule has 0 saturated carbocycles. The molecule has 4 nitrogen and oxygen atoms in total. The lowest BCUT2D eigenvalue weighted by molar-refractivity contribution is 0.103. The molecule has 0 amide bonds. The van der Waals surface area contributed by atoms with E-state index >= 15 is 0 Å². The van der Waals surface area contributed by atoms with E-state index in [1.807, 2.05) is 97.1 Å². The second-order valence-electron chi connectivity index (χ2n) is 22.7. The Morgan fingerprint density at radius 3 is 1.16 bits per heavy atom. The molecule has 0 unspecified atom stereocenters. The highest BCUT2D eigenvalue weighted by Crippen LogP contribution is 2.52. The van der Waals surface area contributed by atoms with E-state index in [0.29, 0.717) is 16.7 Å². The molecular formula is C80H60Br3N3O. The summed E-state index contributed by atoms with van der Waals surface area (Å²) in [5.74, 6) is -0.0146. The fraction of sp³-hybridized carbons (Fsp3) is 0.0750.